The van der Waals surface area contributed by atoms with Crippen LogP contribution in [0.2, 0.25) is 0 Å². The van der Waals surface area contributed by atoms with Gasteiger partial charge >= 0.3 is 0 Å². The molecule has 2 unspecified atom stereocenters. The largest absolute Gasteiger partial charge is 0.383 e. The molecule has 0 spiro atoms. The van der Waals surface area contributed by atoms with E-state index in [0.29, 0.717) is 11.9 Å². The van der Waals surface area contributed by atoms with E-state index in [1.54, 1.807) is 6.33 Å². The van der Waals surface area contributed by atoms with Crippen LogP contribution in [0.1, 0.15) is 37.4 Å². The molecule has 1 fully saturated rings. The standard InChI is InChI=1S/C17H22N6/c1-22-11-19-9-14(22)5-3-12-2-4-13(8-12)23-7-6-15-16(18)20-10-21-17(15)23/h6-7,9-13H,2-5,8H2,1H3,(H2,18,20,21). The molecule has 0 aromatic carbocycles. The number of aromatic nitrogens is 5. The van der Waals surface area contributed by atoms with Gasteiger partial charge in [-0.1, -0.05) is 0 Å². The Bertz CT molecular complexity index is 817. The fourth-order valence-electron chi connectivity index (χ4n) is 3.83. The molecule has 0 amide bonds. The predicted molar refractivity (Wildman–Crippen MR) is 89.8 cm³/mol. The van der Waals surface area contributed by atoms with Gasteiger partial charge in [-0.05, 0) is 44.1 Å². The van der Waals surface area contributed by atoms with Crippen LogP contribution in [0.5, 0.6) is 0 Å². The zero-order chi connectivity index (χ0) is 15.8. The highest BCUT2D eigenvalue weighted by Gasteiger charge is 2.27. The third-order valence-corrected chi connectivity index (χ3v) is 5.17. The summed E-state index contributed by atoms with van der Waals surface area (Å²) < 4.78 is 4.41. The summed E-state index contributed by atoms with van der Waals surface area (Å²) in [6, 6.07) is 2.56. The van der Waals surface area contributed by atoms with E-state index in [1.807, 2.05) is 18.6 Å². The molecular weight excluding hydrogens is 288 g/mol. The van der Waals surface area contributed by atoms with Crippen molar-refractivity contribution in [1.82, 2.24) is 24.1 Å². The fraction of sp³-hybridized carbons (Fsp3) is 0.471. The van der Waals surface area contributed by atoms with E-state index in [4.69, 9.17) is 5.73 Å². The quantitative estimate of drug-likeness (QED) is 0.804. The Hall–Kier alpha value is -2.37. The SMILES string of the molecule is Cn1cncc1CCC1CCC(n2ccc3c(N)ncnc32)C1. The Morgan fingerprint density at radius 1 is 1.30 bits per heavy atom. The van der Waals surface area contributed by atoms with E-state index in [2.05, 4.69) is 37.3 Å². The van der Waals surface area contributed by atoms with E-state index in [1.165, 1.54) is 31.4 Å². The lowest BCUT2D eigenvalue weighted by molar-refractivity contribution is 0.457. The van der Waals surface area contributed by atoms with Crippen molar-refractivity contribution in [3.8, 4) is 0 Å². The molecule has 0 radical (unpaired) electrons. The number of fused-ring (bicyclic) bond motifs is 1. The molecule has 0 bridgehead atoms. The summed E-state index contributed by atoms with van der Waals surface area (Å²) in [5.74, 6) is 1.34. The van der Waals surface area contributed by atoms with Crippen LogP contribution in [-0.2, 0) is 13.5 Å². The predicted octanol–water partition coefficient (Wildman–Crippen LogP) is 2.72. The number of hydrogen-bond donors (Lipinski definition) is 1. The van der Waals surface area contributed by atoms with Gasteiger partial charge < -0.3 is 14.9 Å². The van der Waals surface area contributed by atoms with Gasteiger partial charge in [-0.3, -0.25) is 0 Å². The number of imidazole rings is 1. The minimum atomic E-state index is 0.526. The number of anilines is 1. The van der Waals surface area contributed by atoms with Gasteiger partial charge in [0, 0.05) is 31.2 Å². The summed E-state index contributed by atoms with van der Waals surface area (Å²) in [6.07, 6.45) is 13.6. The third kappa shape index (κ3) is 2.58. The summed E-state index contributed by atoms with van der Waals surface area (Å²) in [5, 5.41) is 0.964. The maximum atomic E-state index is 5.94. The van der Waals surface area contributed by atoms with Gasteiger partial charge in [-0.2, -0.15) is 0 Å². The van der Waals surface area contributed by atoms with Crippen molar-refractivity contribution in [1.29, 1.82) is 0 Å². The molecule has 2 atom stereocenters. The summed E-state index contributed by atoms with van der Waals surface area (Å²) in [7, 11) is 2.07. The van der Waals surface area contributed by atoms with Gasteiger partial charge in [0.05, 0.1) is 11.7 Å². The highest BCUT2D eigenvalue weighted by atomic mass is 15.1. The molecule has 3 heterocycles. The average Bonchev–Trinajstić information content (AvgIpc) is 3.24. The summed E-state index contributed by atoms with van der Waals surface area (Å²) in [4.78, 5) is 12.7. The first-order valence-electron chi connectivity index (χ1n) is 8.24. The topological polar surface area (TPSA) is 74.5 Å². The summed E-state index contributed by atoms with van der Waals surface area (Å²) in [6.45, 7) is 0. The van der Waals surface area contributed by atoms with Crippen LogP contribution in [-0.4, -0.2) is 24.1 Å². The average molecular weight is 310 g/mol. The first kappa shape index (κ1) is 14.2. The molecule has 6 nitrogen and oxygen atoms in total. The van der Waals surface area contributed by atoms with Gasteiger partial charge in [-0.25, -0.2) is 15.0 Å². The van der Waals surface area contributed by atoms with E-state index in [0.717, 1.165) is 23.4 Å². The Morgan fingerprint density at radius 3 is 3.04 bits per heavy atom. The van der Waals surface area contributed by atoms with Crippen molar-refractivity contribution in [3.05, 3.63) is 36.8 Å². The first-order valence-corrected chi connectivity index (χ1v) is 8.24. The molecule has 0 saturated heterocycles. The molecule has 1 aliphatic carbocycles. The van der Waals surface area contributed by atoms with Crippen LogP contribution < -0.4 is 5.73 Å². The van der Waals surface area contributed by atoms with Crippen LogP contribution >= 0.6 is 0 Å². The Kier molecular flexibility index (Phi) is 3.52. The molecule has 0 aliphatic heterocycles. The zero-order valence-corrected chi connectivity index (χ0v) is 13.4. The Balaban J connectivity index is 1.45. The summed E-state index contributed by atoms with van der Waals surface area (Å²) >= 11 is 0. The number of hydrogen-bond acceptors (Lipinski definition) is 4. The van der Waals surface area contributed by atoms with Crippen LogP contribution in [0.25, 0.3) is 11.0 Å². The molecule has 3 aromatic rings. The van der Waals surface area contributed by atoms with Crippen molar-refractivity contribution < 1.29 is 0 Å². The number of nitrogens with zero attached hydrogens (tertiary/aromatic N) is 5. The van der Waals surface area contributed by atoms with Crippen LogP contribution in [0.4, 0.5) is 5.82 Å². The highest BCUT2D eigenvalue weighted by molar-refractivity contribution is 5.86. The van der Waals surface area contributed by atoms with Crippen molar-refractivity contribution in [3.63, 3.8) is 0 Å². The minimum absolute atomic E-state index is 0.526. The second-order valence-electron chi connectivity index (χ2n) is 6.59. The molecule has 3 aromatic heterocycles. The van der Waals surface area contributed by atoms with Crippen molar-refractivity contribution in [2.45, 2.75) is 38.1 Å². The van der Waals surface area contributed by atoms with Gasteiger partial charge in [0.1, 0.15) is 17.8 Å². The number of rotatable bonds is 4. The lowest BCUT2D eigenvalue weighted by atomic mass is 10.0. The van der Waals surface area contributed by atoms with E-state index < -0.39 is 0 Å². The third-order valence-electron chi connectivity index (χ3n) is 5.17. The van der Waals surface area contributed by atoms with E-state index in [9.17, 15) is 0 Å². The second kappa shape index (κ2) is 5.68. The Labute approximate surface area is 135 Å². The highest BCUT2D eigenvalue weighted by Crippen LogP contribution is 2.38. The monoisotopic (exact) mass is 310 g/mol. The molecule has 1 aliphatic rings. The lowest BCUT2D eigenvalue weighted by Crippen LogP contribution is -2.06. The second-order valence-corrected chi connectivity index (χ2v) is 6.59. The van der Waals surface area contributed by atoms with E-state index >= 15 is 0 Å². The van der Waals surface area contributed by atoms with Crippen LogP contribution in [0.3, 0.4) is 0 Å². The molecule has 6 heteroatoms. The van der Waals surface area contributed by atoms with Crippen molar-refractivity contribution in [2.24, 2.45) is 13.0 Å². The maximum Gasteiger partial charge on any atom is 0.145 e. The Morgan fingerprint density at radius 2 is 2.22 bits per heavy atom. The minimum Gasteiger partial charge on any atom is -0.383 e. The lowest BCUT2D eigenvalue weighted by Gasteiger charge is -2.14. The smallest absolute Gasteiger partial charge is 0.145 e. The zero-order valence-electron chi connectivity index (χ0n) is 13.4. The molecular formula is C17H22N6. The van der Waals surface area contributed by atoms with Gasteiger partial charge in [0.25, 0.3) is 0 Å². The van der Waals surface area contributed by atoms with Gasteiger partial charge in [0.2, 0.25) is 0 Å². The fourth-order valence-corrected chi connectivity index (χ4v) is 3.83. The molecule has 120 valence electrons. The summed E-state index contributed by atoms with van der Waals surface area (Å²) in [5.41, 5.74) is 8.23. The number of nitrogens with two attached hydrogens (primary N) is 1. The number of aryl methyl sites for hydroxylation is 2. The molecule has 1 saturated carbocycles. The van der Waals surface area contributed by atoms with Crippen molar-refractivity contribution in [2.75, 3.05) is 5.73 Å². The van der Waals surface area contributed by atoms with Gasteiger partial charge in [0.15, 0.2) is 0 Å². The first-order chi connectivity index (χ1) is 11.2. The number of nitrogen functional groups attached to an aromatic ring is 1. The molecule has 4 rings (SSSR count). The van der Waals surface area contributed by atoms with E-state index in [-0.39, 0.29) is 0 Å². The van der Waals surface area contributed by atoms with Crippen molar-refractivity contribution >= 4 is 16.9 Å². The van der Waals surface area contributed by atoms with Crippen LogP contribution in [0.15, 0.2) is 31.1 Å². The normalized spacial score (nSPS) is 21.3. The molecule has 2 N–H and O–H groups in total. The van der Waals surface area contributed by atoms with Crippen LogP contribution in [0, 0.1) is 5.92 Å². The van der Waals surface area contributed by atoms with Gasteiger partial charge in [-0.15, -0.1) is 0 Å². The maximum absolute atomic E-state index is 5.94. The molecule has 23 heavy (non-hydrogen) atoms.